The summed E-state index contributed by atoms with van der Waals surface area (Å²) in [6.45, 7) is 1.93. The molecule has 3 aromatic rings. The minimum absolute atomic E-state index is 0.399. The molecule has 148 valence electrons. The SMILES string of the molecule is FC(F)(F)c1ccc(-c2cc(-c3ccc(Cl)cc3)nc3c2N2CCC3CC2)cc1. The van der Waals surface area contributed by atoms with Crippen molar-refractivity contribution < 1.29 is 13.2 Å². The van der Waals surface area contributed by atoms with E-state index in [2.05, 4.69) is 4.90 Å². The molecule has 6 heteroatoms. The van der Waals surface area contributed by atoms with Crippen LogP contribution in [0.4, 0.5) is 18.9 Å². The van der Waals surface area contributed by atoms with Gasteiger partial charge in [0, 0.05) is 35.2 Å². The quantitative estimate of drug-likeness (QED) is 0.459. The summed E-state index contributed by atoms with van der Waals surface area (Å²) in [5.74, 6) is 0.399. The summed E-state index contributed by atoms with van der Waals surface area (Å²) in [7, 11) is 0. The molecule has 3 aliphatic heterocycles. The van der Waals surface area contributed by atoms with Crippen LogP contribution >= 0.6 is 11.6 Å². The smallest absolute Gasteiger partial charge is 0.370 e. The monoisotopic (exact) mass is 414 g/mol. The van der Waals surface area contributed by atoms with Gasteiger partial charge in [0.15, 0.2) is 0 Å². The van der Waals surface area contributed by atoms with E-state index in [1.807, 2.05) is 30.3 Å². The Kier molecular flexibility index (Phi) is 4.32. The molecular weight excluding hydrogens is 397 g/mol. The minimum Gasteiger partial charge on any atom is -0.370 e. The molecule has 0 amide bonds. The van der Waals surface area contributed by atoms with Crippen LogP contribution in [0.3, 0.4) is 0 Å². The van der Waals surface area contributed by atoms with Crippen molar-refractivity contribution in [2.24, 2.45) is 0 Å². The van der Waals surface area contributed by atoms with Crippen molar-refractivity contribution in [3.63, 3.8) is 0 Å². The van der Waals surface area contributed by atoms with Crippen LogP contribution in [0.25, 0.3) is 22.4 Å². The molecule has 3 aliphatic rings. The van der Waals surface area contributed by atoms with E-state index in [-0.39, 0.29) is 0 Å². The van der Waals surface area contributed by atoms with Crippen molar-refractivity contribution in [2.75, 3.05) is 18.0 Å². The van der Waals surface area contributed by atoms with Crippen LogP contribution in [0.2, 0.25) is 5.02 Å². The van der Waals surface area contributed by atoms with E-state index in [1.165, 1.54) is 0 Å². The zero-order valence-corrected chi connectivity index (χ0v) is 16.3. The molecule has 0 aliphatic carbocycles. The van der Waals surface area contributed by atoms with Gasteiger partial charge in [-0.3, -0.25) is 4.98 Å². The number of hydrogen-bond acceptors (Lipinski definition) is 2. The second kappa shape index (κ2) is 6.77. The van der Waals surface area contributed by atoms with Crippen molar-refractivity contribution >= 4 is 17.3 Å². The number of pyridine rings is 1. The van der Waals surface area contributed by atoms with Gasteiger partial charge in [-0.15, -0.1) is 0 Å². The third kappa shape index (κ3) is 3.27. The first-order valence-electron chi connectivity index (χ1n) is 9.63. The van der Waals surface area contributed by atoms with E-state index in [1.54, 1.807) is 12.1 Å². The molecule has 0 atom stereocenters. The highest BCUT2D eigenvalue weighted by Crippen LogP contribution is 2.47. The van der Waals surface area contributed by atoms with Crippen molar-refractivity contribution in [3.05, 3.63) is 70.9 Å². The highest BCUT2D eigenvalue weighted by Gasteiger charge is 2.35. The number of benzene rings is 2. The summed E-state index contributed by atoms with van der Waals surface area (Å²) in [4.78, 5) is 7.29. The number of nitrogens with zero attached hydrogens (tertiary/aromatic N) is 2. The summed E-state index contributed by atoms with van der Waals surface area (Å²) in [6, 6.07) is 14.9. The van der Waals surface area contributed by atoms with E-state index in [4.69, 9.17) is 16.6 Å². The Hall–Kier alpha value is -2.53. The second-order valence-electron chi connectivity index (χ2n) is 7.63. The van der Waals surface area contributed by atoms with Gasteiger partial charge in [0.1, 0.15) is 0 Å². The Morgan fingerprint density at radius 2 is 1.52 bits per heavy atom. The maximum absolute atomic E-state index is 13.0. The number of aromatic nitrogens is 1. The molecular formula is C23H18ClF3N2. The molecule has 6 rings (SSSR count). The molecule has 0 unspecified atom stereocenters. The zero-order valence-electron chi connectivity index (χ0n) is 15.5. The minimum atomic E-state index is -4.34. The zero-order chi connectivity index (χ0) is 20.2. The molecule has 1 fully saturated rings. The molecule has 29 heavy (non-hydrogen) atoms. The van der Waals surface area contributed by atoms with Crippen molar-refractivity contribution in [1.82, 2.24) is 4.98 Å². The van der Waals surface area contributed by atoms with E-state index >= 15 is 0 Å². The van der Waals surface area contributed by atoms with Crippen molar-refractivity contribution in [1.29, 1.82) is 0 Å². The average Bonchev–Trinajstić information content (AvgIpc) is 2.74. The highest BCUT2D eigenvalue weighted by molar-refractivity contribution is 6.30. The van der Waals surface area contributed by atoms with E-state index in [0.29, 0.717) is 10.9 Å². The van der Waals surface area contributed by atoms with Gasteiger partial charge in [0.05, 0.1) is 22.6 Å². The van der Waals surface area contributed by atoms with Gasteiger partial charge in [-0.25, -0.2) is 0 Å². The van der Waals surface area contributed by atoms with Crippen molar-refractivity contribution in [3.8, 4) is 22.4 Å². The van der Waals surface area contributed by atoms with Gasteiger partial charge in [-0.2, -0.15) is 13.2 Å². The number of piperidine rings is 1. The lowest BCUT2D eigenvalue weighted by molar-refractivity contribution is -0.137. The first kappa shape index (κ1) is 18.5. The molecule has 4 heterocycles. The van der Waals surface area contributed by atoms with Gasteiger partial charge in [-0.05, 0) is 48.7 Å². The van der Waals surface area contributed by atoms with Crippen LogP contribution in [-0.4, -0.2) is 18.1 Å². The number of anilines is 1. The van der Waals surface area contributed by atoms with Crippen LogP contribution in [0.15, 0.2) is 54.6 Å². The maximum Gasteiger partial charge on any atom is 0.416 e. The van der Waals surface area contributed by atoms with Crippen LogP contribution in [0.5, 0.6) is 0 Å². The van der Waals surface area contributed by atoms with Gasteiger partial charge in [-0.1, -0.05) is 35.9 Å². The fraction of sp³-hybridized carbons (Fsp3) is 0.261. The molecule has 2 nitrogen and oxygen atoms in total. The summed E-state index contributed by atoms with van der Waals surface area (Å²) >= 11 is 6.03. The lowest BCUT2D eigenvalue weighted by Crippen LogP contribution is -2.39. The molecule has 2 aromatic carbocycles. The van der Waals surface area contributed by atoms with Gasteiger partial charge in [0.25, 0.3) is 0 Å². The molecule has 0 spiro atoms. The first-order valence-corrected chi connectivity index (χ1v) is 10.0. The Bertz CT molecular complexity index is 1050. The Morgan fingerprint density at radius 1 is 0.897 bits per heavy atom. The first-order chi connectivity index (χ1) is 13.9. The molecule has 0 N–H and O–H groups in total. The molecule has 0 saturated carbocycles. The predicted octanol–water partition coefficient (Wildman–Crippen LogP) is 6.79. The molecule has 1 saturated heterocycles. The van der Waals surface area contributed by atoms with Gasteiger partial charge in [0.2, 0.25) is 0 Å². The second-order valence-corrected chi connectivity index (χ2v) is 8.07. The topological polar surface area (TPSA) is 16.1 Å². The lowest BCUT2D eigenvalue weighted by Gasteiger charge is -2.42. The number of rotatable bonds is 2. The van der Waals surface area contributed by atoms with Crippen LogP contribution in [0, 0.1) is 0 Å². The number of fused-ring (bicyclic) bond motifs is 2. The molecule has 2 bridgehead atoms. The van der Waals surface area contributed by atoms with Gasteiger partial charge < -0.3 is 4.90 Å². The Balaban J connectivity index is 1.68. The van der Waals surface area contributed by atoms with Gasteiger partial charge >= 0.3 is 6.18 Å². The largest absolute Gasteiger partial charge is 0.416 e. The predicted molar refractivity (Wildman–Crippen MR) is 109 cm³/mol. The summed E-state index contributed by atoms with van der Waals surface area (Å²) in [5.41, 5.74) is 4.99. The Morgan fingerprint density at radius 3 is 2.14 bits per heavy atom. The highest BCUT2D eigenvalue weighted by atomic mass is 35.5. The third-order valence-corrected chi connectivity index (χ3v) is 6.13. The van der Waals surface area contributed by atoms with E-state index in [0.717, 1.165) is 71.8 Å². The summed E-state index contributed by atoms with van der Waals surface area (Å²) in [5, 5.41) is 0.653. The maximum atomic E-state index is 13.0. The standard InChI is InChI=1S/C23H18ClF3N2/c24-18-7-3-15(4-8-18)20-13-19(14-1-5-17(6-2-14)23(25,26)27)22-21(28-20)16-9-11-29(22)12-10-16/h1-8,13,16H,9-12H2. The average molecular weight is 415 g/mol. The third-order valence-electron chi connectivity index (χ3n) is 5.88. The number of halogens is 4. The fourth-order valence-corrected chi connectivity index (χ4v) is 4.50. The van der Waals surface area contributed by atoms with E-state index in [9.17, 15) is 13.2 Å². The lowest BCUT2D eigenvalue weighted by atomic mass is 9.83. The molecule has 0 radical (unpaired) electrons. The number of hydrogen-bond donors (Lipinski definition) is 0. The van der Waals surface area contributed by atoms with E-state index < -0.39 is 11.7 Å². The fourth-order valence-electron chi connectivity index (χ4n) is 4.38. The normalized spacial score (nSPS) is 16.2. The van der Waals surface area contributed by atoms with Crippen LogP contribution in [-0.2, 0) is 6.18 Å². The summed E-state index contributed by atoms with van der Waals surface area (Å²) < 4.78 is 39.0. The van der Waals surface area contributed by atoms with Crippen molar-refractivity contribution in [2.45, 2.75) is 24.9 Å². The van der Waals surface area contributed by atoms with Crippen LogP contribution < -0.4 is 4.90 Å². The van der Waals surface area contributed by atoms with Crippen LogP contribution in [0.1, 0.15) is 30.0 Å². The number of alkyl halides is 3. The molecule has 1 aromatic heterocycles. The summed E-state index contributed by atoms with van der Waals surface area (Å²) in [6.07, 6.45) is -2.21. The Labute approximate surface area is 172 Å².